The fourth-order valence-corrected chi connectivity index (χ4v) is 3.92. The minimum atomic E-state index is 0.462. The first-order valence-corrected chi connectivity index (χ1v) is 9.99. The topological polar surface area (TPSA) is 79.1 Å². The Kier molecular flexibility index (Phi) is 4.02. The molecule has 0 saturated heterocycles. The molecule has 0 atom stereocenters. The van der Waals surface area contributed by atoms with E-state index < -0.39 is 0 Å². The van der Waals surface area contributed by atoms with Gasteiger partial charge in [-0.1, -0.05) is 12.1 Å². The van der Waals surface area contributed by atoms with Crippen LogP contribution in [0.5, 0.6) is 11.6 Å². The zero-order valence-corrected chi connectivity index (χ0v) is 16.7. The molecule has 4 aromatic rings. The first-order valence-electron chi connectivity index (χ1n) is 9.19. The predicted molar refractivity (Wildman–Crippen MR) is 116 cm³/mol. The van der Waals surface area contributed by atoms with Crippen LogP contribution in [0.2, 0.25) is 0 Å². The third-order valence-corrected chi connectivity index (χ3v) is 5.65. The number of rotatable bonds is 4. The number of benzene rings is 2. The smallest absolute Gasteiger partial charge is 0.233 e. The van der Waals surface area contributed by atoms with Crippen LogP contribution in [0, 0.1) is 0 Å². The van der Waals surface area contributed by atoms with Crippen molar-refractivity contribution in [1.82, 2.24) is 9.55 Å². The Bertz CT molecular complexity index is 1180. The van der Waals surface area contributed by atoms with Gasteiger partial charge in [0.15, 0.2) is 0 Å². The van der Waals surface area contributed by atoms with Gasteiger partial charge >= 0.3 is 0 Å². The number of hydrogen-bond donors (Lipinski definition) is 2. The highest BCUT2D eigenvalue weighted by molar-refractivity contribution is 9.10. The van der Waals surface area contributed by atoms with Gasteiger partial charge < -0.3 is 20.8 Å². The maximum atomic E-state index is 6.59. The second-order valence-corrected chi connectivity index (χ2v) is 7.91. The fourth-order valence-electron chi connectivity index (χ4n) is 3.59. The van der Waals surface area contributed by atoms with Gasteiger partial charge in [-0.2, -0.15) is 0 Å². The van der Waals surface area contributed by atoms with Crippen LogP contribution in [-0.4, -0.2) is 9.55 Å². The number of aromatic nitrogens is 2. The highest BCUT2D eigenvalue weighted by Gasteiger charge is 2.30. The molecule has 1 aliphatic carbocycles. The minimum Gasteiger partial charge on any atom is -0.438 e. The Morgan fingerprint density at radius 1 is 1.04 bits per heavy atom. The van der Waals surface area contributed by atoms with E-state index in [1.54, 1.807) is 6.20 Å². The molecular formula is C22H19BrN4O. The molecule has 1 saturated carbocycles. The fraction of sp³-hybridized carbons (Fsp3) is 0.136. The second kappa shape index (κ2) is 6.56. The number of nitrogens with zero attached hydrogens (tertiary/aromatic N) is 2. The number of ether oxygens (including phenoxy) is 1. The van der Waals surface area contributed by atoms with Crippen molar-refractivity contribution in [3.05, 3.63) is 65.3 Å². The molecule has 0 bridgehead atoms. The van der Waals surface area contributed by atoms with Crippen LogP contribution in [0.4, 0.5) is 11.4 Å². The van der Waals surface area contributed by atoms with E-state index in [-0.39, 0.29) is 0 Å². The molecule has 0 aliphatic heterocycles. The van der Waals surface area contributed by atoms with E-state index in [1.165, 1.54) is 0 Å². The van der Waals surface area contributed by atoms with Crippen molar-refractivity contribution in [2.45, 2.75) is 18.9 Å². The quantitative estimate of drug-likeness (QED) is 0.400. The van der Waals surface area contributed by atoms with Crippen molar-refractivity contribution >= 4 is 38.2 Å². The van der Waals surface area contributed by atoms with Crippen molar-refractivity contribution < 1.29 is 4.74 Å². The van der Waals surface area contributed by atoms with E-state index in [0.29, 0.717) is 11.9 Å². The summed E-state index contributed by atoms with van der Waals surface area (Å²) in [6, 6.07) is 18.1. The van der Waals surface area contributed by atoms with Gasteiger partial charge in [0.2, 0.25) is 5.88 Å². The average Bonchev–Trinajstić information content (AvgIpc) is 3.49. The Hall–Kier alpha value is -2.99. The number of nitrogen functional groups attached to an aromatic ring is 2. The summed E-state index contributed by atoms with van der Waals surface area (Å²) in [7, 11) is 0. The van der Waals surface area contributed by atoms with Crippen LogP contribution in [0.1, 0.15) is 18.9 Å². The maximum absolute atomic E-state index is 6.59. The molecule has 140 valence electrons. The van der Waals surface area contributed by atoms with Gasteiger partial charge in [-0.25, -0.2) is 4.98 Å². The van der Waals surface area contributed by atoms with Crippen LogP contribution >= 0.6 is 15.9 Å². The van der Waals surface area contributed by atoms with Crippen molar-refractivity contribution in [3.63, 3.8) is 0 Å². The molecule has 1 aliphatic rings. The summed E-state index contributed by atoms with van der Waals surface area (Å²) in [6.07, 6.45) is 4.02. The first kappa shape index (κ1) is 17.1. The minimum absolute atomic E-state index is 0.462. The van der Waals surface area contributed by atoms with Crippen molar-refractivity contribution in [2.24, 2.45) is 0 Å². The lowest BCUT2D eigenvalue weighted by atomic mass is 10.1. The third-order valence-electron chi connectivity index (χ3n) is 5.05. The number of hydrogen-bond acceptors (Lipinski definition) is 4. The number of fused-ring (bicyclic) bond motifs is 1. The molecule has 2 aromatic heterocycles. The summed E-state index contributed by atoms with van der Waals surface area (Å²) in [6.45, 7) is 0. The molecule has 0 radical (unpaired) electrons. The molecule has 0 unspecified atom stereocenters. The molecule has 6 heteroatoms. The molecule has 2 heterocycles. The number of anilines is 2. The molecule has 4 N–H and O–H groups in total. The average molecular weight is 435 g/mol. The summed E-state index contributed by atoms with van der Waals surface area (Å²) >= 11 is 3.48. The van der Waals surface area contributed by atoms with Gasteiger partial charge in [-0.3, -0.25) is 0 Å². The zero-order valence-electron chi connectivity index (χ0n) is 15.1. The lowest BCUT2D eigenvalue weighted by Gasteiger charge is -2.11. The molecule has 5 nitrogen and oxygen atoms in total. The standard InChI is InChI=1S/C22H19BrN4O/c23-18-2-1-11-26-22(18)28-16-9-10-17-19(12-16)27(15-7-8-15)21(20(17)25)13-3-5-14(24)6-4-13/h1-6,9-12,15H,7-8,24-25H2. The van der Waals surface area contributed by atoms with Crippen LogP contribution in [-0.2, 0) is 0 Å². The van der Waals surface area contributed by atoms with Crippen molar-refractivity contribution in [1.29, 1.82) is 0 Å². The van der Waals surface area contributed by atoms with Gasteiger partial charge in [0.25, 0.3) is 0 Å². The molecular weight excluding hydrogens is 416 g/mol. The molecule has 1 fully saturated rings. The largest absolute Gasteiger partial charge is 0.438 e. The Morgan fingerprint density at radius 2 is 1.82 bits per heavy atom. The van der Waals surface area contributed by atoms with Gasteiger partial charge in [0.1, 0.15) is 5.75 Å². The lowest BCUT2D eigenvalue weighted by molar-refractivity contribution is 0.460. The number of halogens is 1. The predicted octanol–water partition coefficient (Wildman–Crippen LogP) is 5.76. The van der Waals surface area contributed by atoms with Gasteiger partial charge in [0.05, 0.1) is 21.4 Å². The SMILES string of the molecule is Nc1ccc(-c2c(N)c3ccc(Oc4ncccc4Br)cc3n2C2CC2)cc1. The Labute approximate surface area is 171 Å². The van der Waals surface area contributed by atoms with Crippen molar-refractivity contribution in [3.8, 4) is 22.9 Å². The van der Waals surface area contributed by atoms with Gasteiger partial charge in [-0.15, -0.1) is 0 Å². The molecule has 0 spiro atoms. The van der Waals surface area contributed by atoms with Crippen LogP contribution < -0.4 is 16.2 Å². The van der Waals surface area contributed by atoms with E-state index in [2.05, 4.69) is 25.5 Å². The molecule has 28 heavy (non-hydrogen) atoms. The third kappa shape index (κ3) is 2.90. The Balaban J connectivity index is 1.66. The molecule has 0 amide bonds. The summed E-state index contributed by atoms with van der Waals surface area (Å²) in [4.78, 5) is 4.29. The summed E-state index contributed by atoms with van der Waals surface area (Å²) in [5.41, 5.74) is 17.2. The number of pyridine rings is 1. The van der Waals surface area contributed by atoms with Crippen molar-refractivity contribution in [2.75, 3.05) is 11.5 Å². The van der Waals surface area contributed by atoms with Crippen LogP contribution in [0.15, 0.2) is 65.3 Å². The monoisotopic (exact) mass is 434 g/mol. The Morgan fingerprint density at radius 3 is 2.54 bits per heavy atom. The van der Waals surface area contributed by atoms with Crippen LogP contribution in [0.25, 0.3) is 22.2 Å². The molecule has 5 rings (SSSR count). The highest BCUT2D eigenvalue weighted by atomic mass is 79.9. The summed E-state index contributed by atoms with van der Waals surface area (Å²) < 4.78 is 9.17. The van der Waals surface area contributed by atoms with Gasteiger partial charge in [0, 0.05) is 34.9 Å². The second-order valence-electron chi connectivity index (χ2n) is 7.06. The van der Waals surface area contributed by atoms with E-state index in [0.717, 1.165) is 56.6 Å². The zero-order chi connectivity index (χ0) is 19.3. The maximum Gasteiger partial charge on any atom is 0.233 e. The summed E-state index contributed by atoms with van der Waals surface area (Å²) in [5, 5.41) is 1.03. The normalized spacial score (nSPS) is 13.8. The van der Waals surface area contributed by atoms with Crippen LogP contribution in [0.3, 0.4) is 0 Å². The van der Waals surface area contributed by atoms with Gasteiger partial charge in [-0.05, 0) is 65.2 Å². The van der Waals surface area contributed by atoms with E-state index >= 15 is 0 Å². The lowest BCUT2D eigenvalue weighted by Crippen LogP contribution is -1.99. The summed E-state index contributed by atoms with van der Waals surface area (Å²) in [5.74, 6) is 1.27. The number of nitrogens with two attached hydrogens (primary N) is 2. The highest BCUT2D eigenvalue weighted by Crippen LogP contribution is 2.47. The van der Waals surface area contributed by atoms with E-state index in [1.807, 2.05) is 54.6 Å². The molecule has 2 aromatic carbocycles. The van der Waals surface area contributed by atoms with E-state index in [4.69, 9.17) is 16.2 Å². The first-order chi connectivity index (χ1) is 13.6. The van der Waals surface area contributed by atoms with E-state index in [9.17, 15) is 0 Å².